The SMILES string of the molecule is Cc1cc(C)c(C(=O)OC(C)C(=O)NCCC2=CCCCC2)c(C)c1. The molecule has 25 heavy (non-hydrogen) atoms. The van der Waals surface area contributed by atoms with Crippen LogP contribution < -0.4 is 5.32 Å². The Bertz CT molecular complexity index is 653. The van der Waals surface area contributed by atoms with Crippen LogP contribution in [0.3, 0.4) is 0 Å². The fourth-order valence-electron chi connectivity index (χ4n) is 3.40. The second kappa shape index (κ2) is 8.84. The fraction of sp³-hybridized carbons (Fsp3) is 0.524. The minimum atomic E-state index is -0.798. The van der Waals surface area contributed by atoms with E-state index >= 15 is 0 Å². The number of amides is 1. The number of allylic oxidation sites excluding steroid dienone is 1. The van der Waals surface area contributed by atoms with Crippen LogP contribution >= 0.6 is 0 Å². The van der Waals surface area contributed by atoms with Crippen molar-refractivity contribution in [3.8, 4) is 0 Å². The summed E-state index contributed by atoms with van der Waals surface area (Å²) in [6.45, 7) is 7.98. The van der Waals surface area contributed by atoms with Crippen LogP contribution in [0.15, 0.2) is 23.8 Å². The third kappa shape index (κ3) is 5.45. The van der Waals surface area contributed by atoms with Gasteiger partial charge in [-0.1, -0.05) is 29.3 Å². The zero-order chi connectivity index (χ0) is 18.4. The average molecular weight is 343 g/mol. The molecule has 4 heteroatoms. The van der Waals surface area contributed by atoms with E-state index in [-0.39, 0.29) is 5.91 Å². The van der Waals surface area contributed by atoms with Crippen LogP contribution in [-0.4, -0.2) is 24.5 Å². The van der Waals surface area contributed by atoms with Crippen molar-refractivity contribution in [3.63, 3.8) is 0 Å². The number of aryl methyl sites for hydroxylation is 3. The molecule has 1 amide bonds. The summed E-state index contributed by atoms with van der Waals surface area (Å²) in [7, 11) is 0. The first-order valence-electron chi connectivity index (χ1n) is 9.13. The quantitative estimate of drug-likeness (QED) is 0.623. The molecule has 0 spiro atoms. The lowest BCUT2D eigenvalue weighted by molar-refractivity contribution is -0.129. The summed E-state index contributed by atoms with van der Waals surface area (Å²) in [4.78, 5) is 24.6. The van der Waals surface area contributed by atoms with Crippen LogP contribution in [-0.2, 0) is 9.53 Å². The molecule has 1 aliphatic rings. The van der Waals surface area contributed by atoms with E-state index in [9.17, 15) is 9.59 Å². The van der Waals surface area contributed by atoms with Crippen LogP contribution in [0, 0.1) is 20.8 Å². The molecule has 0 radical (unpaired) electrons. The van der Waals surface area contributed by atoms with Gasteiger partial charge in [0, 0.05) is 6.54 Å². The molecular formula is C21H29NO3. The molecule has 1 aromatic rings. The van der Waals surface area contributed by atoms with Gasteiger partial charge in [0.25, 0.3) is 5.91 Å². The number of hydrogen-bond acceptors (Lipinski definition) is 3. The van der Waals surface area contributed by atoms with Crippen LogP contribution in [0.5, 0.6) is 0 Å². The van der Waals surface area contributed by atoms with E-state index in [0.717, 1.165) is 36.0 Å². The van der Waals surface area contributed by atoms with Crippen molar-refractivity contribution in [2.24, 2.45) is 0 Å². The van der Waals surface area contributed by atoms with Gasteiger partial charge in [-0.15, -0.1) is 0 Å². The zero-order valence-electron chi connectivity index (χ0n) is 15.8. The van der Waals surface area contributed by atoms with E-state index < -0.39 is 12.1 Å². The summed E-state index contributed by atoms with van der Waals surface area (Å²) in [5.74, 6) is -0.681. The topological polar surface area (TPSA) is 55.4 Å². The summed E-state index contributed by atoms with van der Waals surface area (Å²) >= 11 is 0. The summed E-state index contributed by atoms with van der Waals surface area (Å²) in [6.07, 6.45) is 7.14. The molecule has 1 aromatic carbocycles. The summed E-state index contributed by atoms with van der Waals surface area (Å²) in [5.41, 5.74) is 4.83. The first-order valence-corrected chi connectivity index (χ1v) is 9.13. The zero-order valence-corrected chi connectivity index (χ0v) is 15.8. The van der Waals surface area contributed by atoms with E-state index in [1.807, 2.05) is 32.9 Å². The number of ether oxygens (including phenoxy) is 1. The number of hydrogen-bond donors (Lipinski definition) is 1. The van der Waals surface area contributed by atoms with Gasteiger partial charge < -0.3 is 10.1 Å². The Kier molecular flexibility index (Phi) is 6.80. The molecule has 0 aromatic heterocycles. The molecule has 0 saturated carbocycles. The number of carbonyl (C=O) groups excluding carboxylic acids is 2. The van der Waals surface area contributed by atoms with Crippen LogP contribution in [0.4, 0.5) is 0 Å². The Balaban J connectivity index is 1.86. The molecule has 1 unspecified atom stereocenters. The Morgan fingerprint density at radius 1 is 1.16 bits per heavy atom. The van der Waals surface area contributed by atoms with Crippen molar-refractivity contribution in [3.05, 3.63) is 46.0 Å². The molecule has 0 bridgehead atoms. The molecule has 1 aliphatic carbocycles. The molecule has 4 nitrogen and oxygen atoms in total. The number of esters is 1. The largest absolute Gasteiger partial charge is 0.449 e. The van der Waals surface area contributed by atoms with Gasteiger partial charge in [-0.05, 0) is 70.9 Å². The lowest BCUT2D eigenvalue weighted by Crippen LogP contribution is -2.36. The highest BCUT2D eigenvalue weighted by atomic mass is 16.5. The molecule has 2 rings (SSSR count). The molecule has 1 N–H and O–H groups in total. The fourth-order valence-corrected chi connectivity index (χ4v) is 3.40. The molecule has 0 heterocycles. The molecule has 0 fully saturated rings. The van der Waals surface area contributed by atoms with Gasteiger partial charge in [-0.2, -0.15) is 0 Å². The van der Waals surface area contributed by atoms with E-state index in [1.54, 1.807) is 6.92 Å². The van der Waals surface area contributed by atoms with Crippen molar-refractivity contribution in [2.75, 3.05) is 6.54 Å². The molecule has 0 aliphatic heterocycles. The van der Waals surface area contributed by atoms with Crippen LogP contribution in [0.25, 0.3) is 0 Å². The first-order chi connectivity index (χ1) is 11.9. The van der Waals surface area contributed by atoms with Crippen LogP contribution in [0.1, 0.15) is 66.1 Å². The smallest absolute Gasteiger partial charge is 0.339 e. The van der Waals surface area contributed by atoms with Crippen LogP contribution in [0.2, 0.25) is 0 Å². The summed E-state index contributed by atoms with van der Waals surface area (Å²) in [5, 5.41) is 2.87. The summed E-state index contributed by atoms with van der Waals surface area (Å²) in [6, 6.07) is 3.90. The highest BCUT2D eigenvalue weighted by molar-refractivity contribution is 5.94. The molecule has 136 valence electrons. The second-order valence-electron chi connectivity index (χ2n) is 6.97. The molecule has 0 saturated heterocycles. The van der Waals surface area contributed by atoms with Gasteiger partial charge in [0.1, 0.15) is 0 Å². The maximum Gasteiger partial charge on any atom is 0.339 e. The minimum Gasteiger partial charge on any atom is -0.449 e. The predicted molar refractivity (Wildman–Crippen MR) is 99.7 cm³/mol. The highest BCUT2D eigenvalue weighted by Crippen LogP contribution is 2.20. The van der Waals surface area contributed by atoms with E-state index in [2.05, 4.69) is 11.4 Å². The van der Waals surface area contributed by atoms with Crippen molar-refractivity contribution < 1.29 is 14.3 Å². The minimum absolute atomic E-state index is 0.243. The van der Waals surface area contributed by atoms with Crippen molar-refractivity contribution in [2.45, 2.75) is 65.9 Å². The van der Waals surface area contributed by atoms with Gasteiger partial charge in [0.2, 0.25) is 0 Å². The van der Waals surface area contributed by atoms with E-state index in [4.69, 9.17) is 4.74 Å². The van der Waals surface area contributed by atoms with Gasteiger partial charge >= 0.3 is 5.97 Å². The predicted octanol–water partition coefficient (Wildman–Crippen LogP) is 4.16. The standard InChI is InChI=1S/C21H29NO3/c1-14-12-15(2)19(16(3)13-14)21(24)25-17(4)20(23)22-11-10-18-8-6-5-7-9-18/h8,12-13,17H,5-7,9-11H2,1-4H3,(H,22,23). The van der Waals surface area contributed by atoms with Gasteiger partial charge in [-0.3, -0.25) is 4.79 Å². The van der Waals surface area contributed by atoms with Gasteiger partial charge in [0.05, 0.1) is 5.56 Å². The lowest BCUT2D eigenvalue weighted by Gasteiger charge is -2.17. The Morgan fingerprint density at radius 3 is 2.44 bits per heavy atom. The summed E-state index contributed by atoms with van der Waals surface area (Å²) < 4.78 is 5.38. The average Bonchev–Trinajstić information content (AvgIpc) is 2.54. The number of benzene rings is 1. The molecule has 1 atom stereocenters. The van der Waals surface area contributed by atoms with Crippen molar-refractivity contribution >= 4 is 11.9 Å². The number of nitrogens with one attached hydrogen (secondary N) is 1. The Hall–Kier alpha value is -2.10. The number of carbonyl (C=O) groups is 2. The third-order valence-electron chi connectivity index (χ3n) is 4.66. The monoisotopic (exact) mass is 343 g/mol. The highest BCUT2D eigenvalue weighted by Gasteiger charge is 2.21. The van der Waals surface area contributed by atoms with Gasteiger partial charge in [-0.25, -0.2) is 4.79 Å². The Morgan fingerprint density at radius 2 is 1.84 bits per heavy atom. The Labute approximate surface area is 150 Å². The normalized spacial score (nSPS) is 15.3. The van der Waals surface area contributed by atoms with E-state index in [1.165, 1.54) is 18.4 Å². The maximum absolute atomic E-state index is 12.4. The number of rotatable bonds is 6. The van der Waals surface area contributed by atoms with E-state index in [0.29, 0.717) is 12.1 Å². The molecular weight excluding hydrogens is 314 g/mol. The first kappa shape index (κ1) is 19.2. The van der Waals surface area contributed by atoms with Gasteiger partial charge in [0.15, 0.2) is 6.10 Å². The second-order valence-corrected chi connectivity index (χ2v) is 6.97. The third-order valence-corrected chi connectivity index (χ3v) is 4.66. The van der Waals surface area contributed by atoms with Crippen molar-refractivity contribution in [1.29, 1.82) is 0 Å². The maximum atomic E-state index is 12.4. The van der Waals surface area contributed by atoms with Crippen molar-refractivity contribution in [1.82, 2.24) is 5.32 Å². The lowest BCUT2D eigenvalue weighted by atomic mass is 9.97.